The summed E-state index contributed by atoms with van der Waals surface area (Å²) in [4.78, 5) is 3.83. The van der Waals surface area contributed by atoms with E-state index in [1.54, 1.807) is 6.20 Å². The van der Waals surface area contributed by atoms with E-state index >= 15 is 0 Å². The van der Waals surface area contributed by atoms with Crippen LogP contribution < -0.4 is 5.32 Å². The summed E-state index contributed by atoms with van der Waals surface area (Å²) in [5.74, 6) is 1.40. The van der Waals surface area contributed by atoms with Crippen molar-refractivity contribution in [3.8, 4) is 0 Å². The Morgan fingerprint density at radius 1 is 1.64 bits per heavy atom. The van der Waals surface area contributed by atoms with Gasteiger partial charge in [0.25, 0.3) is 0 Å². The minimum Gasteiger partial charge on any atom is -0.447 e. The van der Waals surface area contributed by atoms with Gasteiger partial charge in [-0.2, -0.15) is 0 Å². The first-order valence-corrected chi connectivity index (χ1v) is 5.05. The molecule has 0 fully saturated rings. The number of rotatable bonds is 7. The van der Waals surface area contributed by atoms with Gasteiger partial charge < -0.3 is 14.8 Å². The van der Waals surface area contributed by atoms with Crippen molar-refractivity contribution >= 4 is 0 Å². The maximum absolute atomic E-state index is 8.79. The molecule has 1 heterocycles. The number of aromatic nitrogens is 1. The van der Waals surface area contributed by atoms with E-state index in [2.05, 4.69) is 17.2 Å². The molecule has 2 N–H and O–H groups in total. The van der Waals surface area contributed by atoms with Crippen molar-refractivity contribution in [2.75, 3.05) is 13.2 Å². The van der Waals surface area contributed by atoms with Gasteiger partial charge in [-0.05, 0) is 18.9 Å². The Balaban J connectivity index is 2.13. The van der Waals surface area contributed by atoms with Gasteiger partial charge in [0.05, 0.1) is 12.7 Å². The Labute approximate surface area is 84.3 Å². The molecule has 0 aromatic carbocycles. The van der Waals surface area contributed by atoms with Crippen LogP contribution in [0.5, 0.6) is 0 Å². The lowest BCUT2D eigenvalue weighted by atomic mass is 10.0. The average Bonchev–Trinajstić information content (AvgIpc) is 2.69. The summed E-state index contributed by atoms with van der Waals surface area (Å²) < 4.78 is 5.09. The lowest BCUT2D eigenvalue weighted by Gasteiger charge is -2.13. The third-order valence-electron chi connectivity index (χ3n) is 2.33. The highest BCUT2D eigenvalue weighted by Crippen LogP contribution is 2.06. The number of nitrogens with one attached hydrogen (secondary N) is 1. The summed E-state index contributed by atoms with van der Waals surface area (Å²) in [6.45, 7) is 4.03. The van der Waals surface area contributed by atoms with Crippen molar-refractivity contribution in [3.63, 3.8) is 0 Å². The lowest BCUT2D eigenvalue weighted by Crippen LogP contribution is -2.22. The number of hydrogen-bond acceptors (Lipinski definition) is 4. The topological polar surface area (TPSA) is 58.3 Å². The van der Waals surface area contributed by atoms with Gasteiger partial charge in [0.2, 0.25) is 0 Å². The minimum atomic E-state index is 0.266. The van der Waals surface area contributed by atoms with E-state index in [0.717, 1.165) is 25.1 Å². The van der Waals surface area contributed by atoms with Crippen LogP contribution in [-0.4, -0.2) is 23.2 Å². The second-order valence-corrected chi connectivity index (χ2v) is 3.39. The van der Waals surface area contributed by atoms with E-state index in [1.165, 1.54) is 6.39 Å². The Morgan fingerprint density at radius 3 is 3.07 bits per heavy atom. The third kappa shape index (κ3) is 3.89. The Bertz CT molecular complexity index is 224. The maximum Gasteiger partial charge on any atom is 0.180 e. The fourth-order valence-corrected chi connectivity index (χ4v) is 1.36. The van der Waals surface area contributed by atoms with Gasteiger partial charge in [0, 0.05) is 6.61 Å². The van der Waals surface area contributed by atoms with Gasteiger partial charge >= 0.3 is 0 Å². The zero-order chi connectivity index (χ0) is 10.2. The van der Waals surface area contributed by atoms with Gasteiger partial charge in [-0.25, -0.2) is 4.98 Å². The molecule has 0 aliphatic carbocycles. The normalized spacial score (nSPS) is 13.0. The fraction of sp³-hybridized carbons (Fsp3) is 0.700. The maximum atomic E-state index is 8.79. The highest BCUT2D eigenvalue weighted by atomic mass is 16.3. The molecule has 0 bridgehead atoms. The molecule has 14 heavy (non-hydrogen) atoms. The monoisotopic (exact) mass is 198 g/mol. The summed E-state index contributed by atoms with van der Waals surface area (Å²) in [5, 5.41) is 12.1. The molecule has 0 saturated heterocycles. The highest BCUT2D eigenvalue weighted by Gasteiger charge is 2.05. The largest absolute Gasteiger partial charge is 0.447 e. The molecule has 0 spiro atoms. The number of hydrogen-bond donors (Lipinski definition) is 2. The van der Waals surface area contributed by atoms with Crippen molar-refractivity contribution < 1.29 is 9.52 Å². The van der Waals surface area contributed by atoms with Crippen LogP contribution in [0.2, 0.25) is 0 Å². The molecule has 80 valence electrons. The molecule has 1 aromatic rings. The minimum absolute atomic E-state index is 0.266. The number of aliphatic hydroxyl groups excluding tert-OH is 1. The zero-order valence-corrected chi connectivity index (χ0v) is 8.57. The average molecular weight is 198 g/mol. The quantitative estimate of drug-likeness (QED) is 0.690. The van der Waals surface area contributed by atoms with Gasteiger partial charge in [0.1, 0.15) is 5.76 Å². The second-order valence-electron chi connectivity index (χ2n) is 3.39. The van der Waals surface area contributed by atoms with E-state index in [1.807, 2.05) is 0 Å². The van der Waals surface area contributed by atoms with E-state index in [-0.39, 0.29) is 6.61 Å². The molecule has 0 radical (unpaired) electrons. The summed E-state index contributed by atoms with van der Waals surface area (Å²) in [6, 6.07) is 0. The standard InChI is InChI=1S/C10H18N2O2/c1-2-9(3-4-13)5-11-6-10-7-12-8-14-10/h7-9,11,13H,2-6H2,1H3. The Kier molecular flexibility index (Phi) is 5.25. The smallest absolute Gasteiger partial charge is 0.180 e. The van der Waals surface area contributed by atoms with Crippen LogP contribution in [0.3, 0.4) is 0 Å². The van der Waals surface area contributed by atoms with Crippen LogP contribution in [0.15, 0.2) is 17.0 Å². The number of oxazole rings is 1. The van der Waals surface area contributed by atoms with Crippen molar-refractivity contribution in [3.05, 3.63) is 18.4 Å². The van der Waals surface area contributed by atoms with Gasteiger partial charge in [-0.1, -0.05) is 13.3 Å². The van der Waals surface area contributed by atoms with Crippen molar-refractivity contribution in [1.82, 2.24) is 10.3 Å². The summed E-state index contributed by atoms with van der Waals surface area (Å²) in [7, 11) is 0. The van der Waals surface area contributed by atoms with E-state index in [9.17, 15) is 0 Å². The molecule has 0 saturated carbocycles. The molecule has 0 aliphatic rings. The van der Waals surface area contributed by atoms with Gasteiger partial charge in [-0.15, -0.1) is 0 Å². The predicted molar refractivity (Wildman–Crippen MR) is 53.7 cm³/mol. The second kappa shape index (κ2) is 6.56. The van der Waals surface area contributed by atoms with Crippen LogP contribution in [0.4, 0.5) is 0 Å². The van der Waals surface area contributed by atoms with Crippen LogP contribution in [0.25, 0.3) is 0 Å². The Hall–Kier alpha value is -0.870. The first-order chi connectivity index (χ1) is 6.86. The molecular formula is C10H18N2O2. The van der Waals surface area contributed by atoms with Gasteiger partial charge in [0.15, 0.2) is 6.39 Å². The molecular weight excluding hydrogens is 180 g/mol. The molecule has 1 aromatic heterocycles. The van der Waals surface area contributed by atoms with Crippen molar-refractivity contribution in [1.29, 1.82) is 0 Å². The predicted octanol–water partition coefficient (Wildman–Crippen LogP) is 1.17. The Morgan fingerprint density at radius 2 is 2.50 bits per heavy atom. The van der Waals surface area contributed by atoms with Crippen LogP contribution in [0, 0.1) is 5.92 Å². The van der Waals surface area contributed by atoms with Crippen LogP contribution in [-0.2, 0) is 6.54 Å². The molecule has 1 unspecified atom stereocenters. The first kappa shape index (κ1) is 11.2. The molecule has 0 aliphatic heterocycles. The molecule has 4 heteroatoms. The first-order valence-electron chi connectivity index (χ1n) is 5.05. The van der Waals surface area contributed by atoms with Crippen LogP contribution >= 0.6 is 0 Å². The number of nitrogens with zero attached hydrogens (tertiary/aromatic N) is 1. The van der Waals surface area contributed by atoms with Crippen molar-refractivity contribution in [2.45, 2.75) is 26.3 Å². The number of aliphatic hydroxyl groups is 1. The third-order valence-corrected chi connectivity index (χ3v) is 2.33. The van der Waals surface area contributed by atoms with Crippen LogP contribution in [0.1, 0.15) is 25.5 Å². The van der Waals surface area contributed by atoms with E-state index in [0.29, 0.717) is 12.5 Å². The SMILES string of the molecule is CCC(CCO)CNCc1cnco1. The van der Waals surface area contributed by atoms with Crippen molar-refractivity contribution in [2.24, 2.45) is 5.92 Å². The summed E-state index contributed by atoms with van der Waals surface area (Å²) in [6.07, 6.45) is 5.09. The summed E-state index contributed by atoms with van der Waals surface area (Å²) in [5.41, 5.74) is 0. The van der Waals surface area contributed by atoms with E-state index < -0.39 is 0 Å². The van der Waals surface area contributed by atoms with E-state index in [4.69, 9.17) is 9.52 Å². The van der Waals surface area contributed by atoms with Gasteiger partial charge in [-0.3, -0.25) is 0 Å². The zero-order valence-electron chi connectivity index (χ0n) is 8.57. The fourth-order valence-electron chi connectivity index (χ4n) is 1.36. The molecule has 4 nitrogen and oxygen atoms in total. The lowest BCUT2D eigenvalue weighted by molar-refractivity contribution is 0.250. The summed E-state index contributed by atoms with van der Waals surface area (Å²) >= 11 is 0. The molecule has 1 rings (SSSR count). The highest BCUT2D eigenvalue weighted by molar-refractivity contribution is 4.87. The molecule has 0 amide bonds. The molecule has 1 atom stereocenters.